The molecule has 0 aromatic heterocycles. The van der Waals surface area contributed by atoms with Gasteiger partial charge in [-0.05, 0) is 12.8 Å². The van der Waals surface area contributed by atoms with E-state index in [9.17, 15) is 4.79 Å². The standard InChI is InChI=1S/C8H15N3O/c1-8(2)4-3-6(8)11-10-5-7(9)12/h10H,3-5H2,1-2H3,(H2,9,12)/b11-6+. The number of nitrogens with one attached hydrogen (secondary N) is 1. The van der Waals surface area contributed by atoms with Gasteiger partial charge >= 0.3 is 0 Å². The summed E-state index contributed by atoms with van der Waals surface area (Å²) in [4.78, 5) is 10.3. The van der Waals surface area contributed by atoms with Crippen LogP contribution in [0.2, 0.25) is 0 Å². The molecule has 1 fully saturated rings. The van der Waals surface area contributed by atoms with E-state index in [-0.39, 0.29) is 17.9 Å². The molecule has 0 aromatic carbocycles. The van der Waals surface area contributed by atoms with Crippen molar-refractivity contribution in [1.29, 1.82) is 0 Å². The normalized spacial score (nSPS) is 23.3. The van der Waals surface area contributed by atoms with Crippen molar-refractivity contribution in [2.45, 2.75) is 26.7 Å². The Morgan fingerprint density at radius 1 is 1.75 bits per heavy atom. The minimum Gasteiger partial charge on any atom is -0.368 e. The molecule has 0 radical (unpaired) electrons. The third-order valence-corrected chi connectivity index (χ3v) is 2.24. The van der Waals surface area contributed by atoms with Crippen LogP contribution >= 0.6 is 0 Å². The maximum Gasteiger partial charge on any atom is 0.238 e. The van der Waals surface area contributed by atoms with Gasteiger partial charge in [-0.15, -0.1) is 0 Å². The number of primary amides is 1. The summed E-state index contributed by atoms with van der Waals surface area (Å²) in [5.41, 5.74) is 8.93. The highest BCUT2D eigenvalue weighted by atomic mass is 16.1. The lowest BCUT2D eigenvalue weighted by molar-refractivity contribution is -0.117. The Balaban J connectivity index is 2.33. The van der Waals surface area contributed by atoms with Crippen molar-refractivity contribution >= 4 is 11.6 Å². The lowest BCUT2D eigenvalue weighted by atomic mass is 9.70. The predicted molar refractivity (Wildman–Crippen MR) is 47.6 cm³/mol. The van der Waals surface area contributed by atoms with E-state index in [1.165, 1.54) is 6.42 Å². The van der Waals surface area contributed by atoms with Crippen LogP contribution < -0.4 is 11.2 Å². The number of carbonyl (C=O) groups excluding carboxylic acids is 1. The van der Waals surface area contributed by atoms with Gasteiger partial charge < -0.3 is 11.2 Å². The fourth-order valence-corrected chi connectivity index (χ4v) is 1.16. The molecule has 4 nitrogen and oxygen atoms in total. The van der Waals surface area contributed by atoms with Crippen LogP contribution in [0, 0.1) is 5.41 Å². The highest BCUT2D eigenvalue weighted by Crippen LogP contribution is 2.36. The molecule has 4 heteroatoms. The summed E-state index contributed by atoms with van der Waals surface area (Å²) < 4.78 is 0. The van der Waals surface area contributed by atoms with E-state index < -0.39 is 0 Å². The zero-order valence-electron chi connectivity index (χ0n) is 7.55. The molecule has 0 unspecified atom stereocenters. The third-order valence-electron chi connectivity index (χ3n) is 2.24. The van der Waals surface area contributed by atoms with Crippen LogP contribution in [-0.2, 0) is 4.79 Å². The second-order valence-electron chi connectivity index (χ2n) is 3.74. The molecule has 12 heavy (non-hydrogen) atoms. The molecule has 0 saturated heterocycles. The number of hydrogen-bond acceptors (Lipinski definition) is 3. The zero-order valence-corrected chi connectivity index (χ0v) is 7.55. The molecule has 0 atom stereocenters. The molecule has 0 spiro atoms. The lowest BCUT2D eigenvalue weighted by Gasteiger charge is -2.36. The van der Waals surface area contributed by atoms with Gasteiger partial charge in [-0.1, -0.05) is 13.8 Å². The number of hydrazone groups is 1. The van der Waals surface area contributed by atoms with Crippen molar-refractivity contribution < 1.29 is 4.79 Å². The summed E-state index contributed by atoms with van der Waals surface area (Å²) in [5.74, 6) is -0.378. The molecule has 0 aromatic rings. The quantitative estimate of drug-likeness (QED) is 0.594. The fourth-order valence-electron chi connectivity index (χ4n) is 1.16. The van der Waals surface area contributed by atoms with Crippen LogP contribution in [0.15, 0.2) is 5.10 Å². The average Bonchev–Trinajstić information content (AvgIpc) is 1.95. The third kappa shape index (κ3) is 1.96. The maximum absolute atomic E-state index is 10.3. The second-order valence-corrected chi connectivity index (χ2v) is 3.74. The van der Waals surface area contributed by atoms with Crippen LogP contribution in [0.5, 0.6) is 0 Å². The van der Waals surface area contributed by atoms with Gasteiger partial charge in [0, 0.05) is 11.1 Å². The smallest absolute Gasteiger partial charge is 0.238 e. The monoisotopic (exact) mass is 169 g/mol. The van der Waals surface area contributed by atoms with Crippen LogP contribution in [0.25, 0.3) is 0 Å². The minimum absolute atomic E-state index is 0.125. The highest BCUT2D eigenvalue weighted by molar-refractivity contribution is 5.94. The highest BCUT2D eigenvalue weighted by Gasteiger charge is 2.34. The molecule has 0 bridgehead atoms. The van der Waals surface area contributed by atoms with Gasteiger partial charge in [0.1, 0.15) is 6.54 Å². The Morgan fingerprint density at radius 3 is 2.75 bits per heavy atom. The van der Waals surface area contributed by atoms with E-state index in [2.05, 4.69) is 24.4 Å². The van der Waals surface area contributed by atoms with Gasteiger partial charge in [-0.3, -0.25) is 4.79 Å². The van der Waals surface area contributed by atoms with E-state index >= 15 is 0 Å². The summed E-state index contributed by atoms with van der Waals surface area (Å²) in [6.07, 6.45) is 2.20. The SMILES string of the molecule is CC1(C)CC/C1=N\NCC(N)=O. The average molecular weight is 169 g/mol. The van der Waals surface area contributed by atoms with Crippen LogP contribution in [-0.4, -0.2) is 18.2 Å². The molecule has 1 rings (SSSR count). The number of rotatable bonds is 3. The molecule has 1 aliphatic rings. The van der Waals surface area contributed by atoms with E-state index in [1.807, 2.05) is 0 Å². The first-order chi connectivity index (χ1) is 5.52. The molecule has 1 saturated carbocycles. The summed E-state index contributed by atoms with van der Waals surface area (Å²) >= 11 is 0. The molecular weight excluding hydrogens is 154 g/mol. The molecule has 0 heterocycles. The predicted octanol–water partition coefficient (Wildman–Crippen LogP) is 0.237. The summed E-state index contributed by atoms with van der Waals surface area (Å²) in [6, 6.07) is 0. The minimum atomic E-state index is -0.378. The second kappa shape index (κ2) is 3.13. The van der Waals surface area contributed by atoms with E-state index in [0.717, 1.165) is 12.1 Å². The van der Waals surface area contributed by atoms with Crippen molar-refractivity contribution in [2.24, 2.45) is 16.3 Å². The Bertz CT molecular complexity index is 220. The van der Waals surface area contributed by atoms with Gasteiger partial charge in [0.2, 0.25) is 5.91 Å². The van der Waals surface area contributed by atoms with Gasteiger partial charge in [0.15, 0.2) is 0 Å². The van der Waals surface area contributed by atoms with Crippen molar-refractivity contribution in [3.63, 3.8) is 0 Å². The molecule has 3 N–H and O–H groups in total. The zero-order chi connectivity index (χ0) is 9.19. The molecular formula is C8H15N3O. The number of hydrogen-bond donors (Lipinski definition) is 2. The number of carbonyl (C=O) groups is 1. The largest absolute Gasteiger partial charge is 0.368 e. The van der Waals surface area contributed by atoms with Crippen LogP contribution in [0.1, 0.15) is 26.7 Å². The first-order valence-electron chi connectivity index (χ1n) is 4.10. The van der Waals surface area contributed by atoms with Crippen molar-refractivity contribution in [3.8, 4) is 0 Å². The molecule has 0 aliphatic heterocycles. The van der Waals surface area contributed by atoms with Gasteiger partial charge in [-0.2, -0.15) is 5.10 Å². The summed E-state index contributed by atoms with van der Waals surface area (Å²) in [5, 5.41) is 4.09. The molecule has 68 valence electrons. The summed E-state index contributed by atoms with van der Waals surface area (Å²) in [7, 11) is 0. The van der Waals surface area contributed by atoms with E-state index in [4.69, 9.17) is 5.73 Å². The van der Waals surface area contributed by atoms with E-state index in [0.29, 0.717) is 0 Å². The Morgan fingerprint density at radius 2 is 2.42 bits per heavy atom. The van der Waals surface area contributed by atoms with Gasteiger partial charge in [0.25, 0.3) is 0 Å². The van der Waals surface area contributed by atoms with Gasteiger partial charge in [-0.25, -0.2) is 0 Å². The number of nitrogens with two attached hydrogens (primary N) is 1. The topological polar surface area (TPSA) is 67.5 Å². The Hall–Kier alpha value is -1.06. The van der Waals surface area contributed by atoms with Gasteiger partial charge in [0.05, 0.1) is 0 Å². The first kappa shape index (κ1) is 9.03. The van der Waals surface area contributed by atoms with Crippen molar-refractivity contribution in [3.05, 3.63) is 0 Å². The number of nitrogens with zero attached hydrogens (tertiary/aromatic N) is 1. The van der Waals surface area contributed by atoms with E-state index in [1.54, 1.807) is 0 Å². The Kier molecular flexibility index (Phi) is 2.35. The molecule has 1 aliphatic carbocycles. The van der Waals surface area contributed by atoms with Crippen LogP contribution in [0.3, 0.4) is 0 Å². The fraction of sp³-hybridized carbons (Fsp3) is 0.750. The summed E-state index contributed by atoms with van der Waals surface area (Å²) in [6.45, 7) is 4.40. The Labute approximate surface area is 72.2 Å². The molecule has 1 amide bonds. The first-order valence-corrected chi connectivity index (χ1v) is 4.10. The maximum atomic E-state index is 10.3. The van der Waals surface area contributed by atoms with Crippen LogP contribution in [0.4, 0.5) is 0 Å². The number of amides is 1. The van der Waals surface area contributed by atoms with Crippen molar-refractivity contribution in [2.75, 3.05) is 6.54 Å². The van der Waals surface area contributed by atoms with Crippen molar-refractivity contribution in [1.82, 2.24) is 5.43 Å². The lowest BCUT2D eigenvalue weighted by Crippen LogP contribution is -2.37.